The molecule has 0 aromatic heterocycles. The number of rotatable bonds is 0. The maximum Gasteiger partial charge on any atom is -0.00606 e. The number of benzene rings is 6. The minimum Gasteiger partial charge on any atom is -0.101 e. The van der Waals surface area contributed by atoms with Crippen molar-refractivity contribution in [1.82, 2.24) is 0 Å². The van der Waals surface area contributed by atoms with Crippen LogP contribution in [0.4, 0.5) is 0 Å². The summed E-state index contributed by atoms with van der Waals surface area (Å²) in [6.45, 7) is 4.85. The van der Waals surface area contributed by atoms with Crippen LogP contribution in [-0.4, -0.2) is 13.3 Å². The fourth-order valence-corrected chi connectivity index (χ4v) is 10.2. The lowest BCUT2D eigenvalue weighted by Crippen LogP contribution is -1.92. The maximum atomic E-state index is 2.44. The van der Waals surface area contributed by atoms with E-state index >= 15 is 0 Å². The van der Waals surface area contributed by atoms with Gasteiger partial charge in [-0.1, -0.05) is 121 Å². The van der Waals surface area contributed by atoms with Crippen LogP contribution in [0.15, 0.2) is 121 Å². The first-order valence-corrected chi connectivity index (χ1v) is 18.5. The van der Waals surface area contributed by atoms with Crippen LogP contribution in [0.3, 0.4) is 0 Å². The predicted octanol–water partition coefficient (Wildman–Crippen LogP) is 11.3. The van der Waals surface area contributed by atoms with Crippen molar-refractivity contribution in [2.45, 2.75) is 24.6 Å². The van der Waals surface area contributed by atoms with Crippen LogP contribution in [-0.2, 0) is 24.6 Å². The molecule has 2 aliphatic rings. The van der Waals surface area contributed by atoms with E-state index in [1.807, 2.05) is 0 Å². The van der Waals surface area contributed by atoms with E-state index in [1.54, 1.807) is 0 Å². The molecule has 6 aromatic carbocycles. The Bertz CT molecular complexity index is 1720. The normalized spacial score (nSPS) is 14.7. The van der Waals surface area contributed by atoms with Gasteiger partial charge in [0.2, 0.25) is 0 Å². The lowest BCUT2D eigenvalue weighted by molar-refractivity contribution is 1.38. The molecular formula is C38H34P2. The Labute approximate surface area is 240 Å². The van der Waals surface area contributed by atoms with E-state index < -0.39 is 0 Å². The molecule has 6 aromatic rings. The number of fused-ring (bicyclic) bond motifs is 10. The minimum atomic E-state index is -0.00224. The third-order valence-electron chi connectivity index (χ3n) is 8.37. The highest BCUT2D eigenvalue weighted by molar-refractivity contribution is 7.55. The fraction of sp³-hybridized carbons (Fsp3) is 0.158. The molecule has 0 fully saturated rings. The average Bonchev–Trinajstić information content (AvgIpc) is 3.23. The van der Waals surface area contributed by atoms with Crippen molar-refractivity contribution in [2.75, 3.05) is 13.3 Å². The second-order valence-electron chi connectivity index (χ2n) is 11.3. The summed E-state index contributed by atoms with van der Waals surface area (Å²) in [5, 5.41) is 5.49. The molecule has 2 heterocycles. The molecule has 8 rings (SSSR count). The highest BCUT2D eigenvalue weighted by Gasteiger charge is 2.22. The summed E-state index contributed by atoms with van der Waals surface area (Å²) in [4.78, 5) is 0. The van der Waals surface area contributed by atoms with Crippen molar-refractivity contribution >= 4 is 37.4 Å². The molecule has 0 nitrogen and oxygen atoms in total. The van der Waals surface area contributed by atoms with Crippen LogP contribution in [0.5, 0.6) is 0 Å². The summed E-state index contributed by atoms with van der Waals surface area (Å²) in [6.07, 6.45) is 4.97. The third-order valence-corrected chi connectivity index (χ3v) is 11.9. The first-order valence-electron chi connectivity index (χ1n) is 14.2. The van der Waals surface area contributed by atoms with E-state index in [-0.39, 0.29) is 15.8 Å². The van der Waals surface area contributed by atoms with Gasteiger partial charge in [0, 0.05) is 0 Å². The van der Waals surface area contributed by atoms with Gasteiger partial charge in [0.25, 0.3) is 0 Å². The molecule has 0 aliphatic carbocycles. The van der Waals surface area contributed by atoms with Crippen LogP contribution < -0.4 is 0 Å². The Hall–Kier alpha value is -3.30. The zero-order valence-corrected chi connectivity index (χ0v) is 25.1. The predicted molar refractivity (Wildman–Crippen MR) is 179 cm³/mol. The molecule has 2 aliphatic heterocycles. The SMILES string of the molecule is CP1Cc2ccc3ccccc3c2-c2c(ccc3ccccc23)C1.CP1Cc2ccccc2-c2ccccc2C1. The van der Waals surface area contributed by atoms with Gasteiger partial charge in [0.15, 0.2) is 0 Å². The molecule has 40 heavy (non-hydrogen) atoms. The summed E-state index contributed by atoms with van der Waals surface area (Å²) in [5.74, 6) is 0. The van der Waals surface area contributed by atoms with E-state index in [0.29, 0.717) is 0 Å². The van der Waals surface area contributed by atoms with Crippen LogP contribution in [0.25, 0.3) is 43.8 Å². The highest BCUT2D eigenvalue weighted by Crippen LogP contribution is 2.51. The zero-order chi connectivity index (χ0) is 27.1. The van der Waals surface area contributed by atoms with Gasteiger partial charge >= 0.3 is 0 Å². The largest absolute Gasteiger partial charge is 0.101 e. The topological polar surface area (TPSA) is 0 Å². The number of hydrogen-bond acceptors (Lipinski definition) is 0. The highest BCUT2D eigenvalue weighted by atomic mass is 31.1. The van der Waals surface area contributed by atoms with Crippen molar-refractivity contribution in [3.05, 3.63) is 144 Å². The zero-order valence-electron chi connectivity index (χ0n) is 23.3. The molecule has 0 amide bonds. The van der Waals surface area contributed by atoms with Gasteiger partial charge in [-0.25, -0.2) is 0 Å². The molecule has 2 heteroatoms. The Morgan fingerprint density at radius 3 is 1.23 bits per heavy atom. The second kappa shape index (κ2) is 10.9. The summed E-state index contributed by atoms with van der Waals surface area (Å²) in [5.41, 5.74) is 12.0. The Kier molecular flexibility index (Phi) is 7.01. The van der Waals surface area contributed by atoms with Crippen molar-refractivity contribution < 1.29 is 0 Å². The first kappa shape index (κ1) is 25.7. The monoisotopic (exact) mass is 552 g/mol. The Balaban J connectivity index is 0.000000144. The molecule has 0 unspecified atom stereocenters. The van der Waals surface area contributed by atoms with Crippen molar-refractivity contribution in [3.8, 4) is 22.3 Å². The van der Waals surface area contributed by atoms with Crippen molar-refractivity contribution in [3.63, 3.8) is 0 Å². The Morgan fingerprint density at radius 1 is 0.375 bits per heavy atom. The molecular weight excluding hydrogens is 518 g/mol. The molecule has 0 bridgehead atoms. The van der Waals surface area contributed by atoms with E-state index in [4.69, 9.17) is 0 Å². The molecule has 0 saturated carbocycles. The van der Waals surface area contributed by atoms with Gasteiger partial charge in [0.1, 0.15) is 0 Å². The van der Waals surface area contributed by atoms with Gasteiger partial charge in [-0.3, -0.25) is 0 Å². The van der Waals surface area contributed by atoms with Crippen LogP contribution >= 0.6 is 15.8 Å². The second-order valence-corrected chi connectivity index (χ2v) is 16.0. The Morgan fingerprint density at radius 2 is 0.750 bits per heavy atom. The standard InChI is InChI=1S/C23H19P.C15H15P/c1-24-14-18-12-10-16-6-2-4-8-20(16)22(18)23-19(15-24)13-11-17-7-3-5-9-21(17)23;1-16-10-12-6-2-4-8-14(12)15-9-5-3-7-13(15)11-16/h2-13H,14-15H2,1H3;2-9H,10-11H2,1H3. The lowest BCUT2D eigenvalue weighted by atomic mass is 9.88. The molecule has 0 atom stereocenters. The molecule has 196 valence electrons. The summed E-state index contributed by atoms with van der Waals surface area (Å²) in [7, 11) is 0.106. The van der Waals surface area contributed by atoms with Gasteiger partial charge in [-0.2, -0.15) is 0 Å². The maximum absolute atomic E-state index is 2.44. The van der Waals surface area contributed by atoms with Gasteiger partial charge in [-0.15, -0.1) is 15.8 Å². The fourth-order valence-electron chi connectivity index (χ4n) is 6.60. The smallest absolute Gasteiger partial charge is 0.00606 e. The van der Waals surface area contributed by atoms with Crippen LogP contribution in [0.2, 0.25) is 0 Å². The summed E-state index contributed by atoms with van der Waals surface area (Å²) in [6, 6.07) is 44.8. The van der Waals surface area contributed by atoms with Gasteiger partial charge in [-0.05, 0) is 104 Å². The average molecular weight is 553 g/mol. The van der Waals surface area contributed by atoms with Crippen LogP contribution in [0.1, 0.15) is 22.3 Å². The molecule has 0 spiro atoms. The summed E-state index contributed by atoms with van der Waals surface area (Å²) < 4.78 is 0. The van der Waals surface area contributed by atoms with Gasteiger partial charge < -0.3 is 0 Å². The van der Waals surface area contributed by atoms with E-state index in [9.17, 15) is 0 Å². The third kappa shape index (κ3) is 4.79. The summed E-state index contributed by atoms with van der Waals surface area (Å²) >= 11 is 0. The van der Waals surface area contributed by atoms with E-state index in [2.05, 4.69) is 135 Å². The van der Waals surface area contributed by atoms with E-state index in [1.165, 1.54) is 90.7 Å². The van der Waals surface area contributed by atoms with Crippen LogP contribution in [0, 0.1) is 0 Å². The number of hydrogen-bond donors (Lipinski definition) is 0. The van der Waals surface area contributed by atoms with Crippen molar-refractivity contribution in [1.29, 1.82) is 0 Å². The molecule has 0 radical (unpaired) electrons. The lowest BCUT2D eigenvalue weighted by Gasteiger charge is -2.15. The molecule has 0 saturated heterocycles. The van der Waals surface area contributed by atoms with Crippen molar-refractivity contribution in [2.24, 2.45) is 0 Å². The minimum absolute atomic E-state index is 0.00224. The quantitative estimate of drug-likeness (QED) is 0.164. The first-order chi connectivity index (χ1) is 19.7. The van der Waals surface area contributed by atoms with E-state index in [0.717, 1.165) is 0 Å². The molecule has 0 N–H and O–H groups in total. The van der Waals surface area contributed by atoms with Gasteiger partial charge in [0.05, 0.1) is 0 Å².